The Balaban J connectivity index is 1.64. The third kappa shape index (κ3) is 4.09. The van der Waals surface area contributed by atoms with Crippen molar-refractivity contribution in [2.24, 2.45) is 0 Å². The van der Waals surface area contributed by atoms with Gasteiger partial charge in [-0.2, -0.15) is 4.31 Å². The fraction of sp³-hybridized carbons (Fsp3) is 0.286. The predicted octanol–water partition coefficient (Wildman–Crippen LogP) is 3.55. The van der Waals surface area contributed by atoms with Crippen LogP contribution in [0.4, 0.5) is 0 Å². The van der Waals surface area contributed by atoms with Gasteiger partial charge < -0.3 is 14.8 Å². The molecular weight excluding hydrogens is 426 g/mol. The first-order chi connectivity index (χ1) is 14.4. The van der Waals surface area contributed by atoms with Crippen LogP contribution in [0.2, 0.25) is 5.02 Å². The number of benzene rings is 2. The van der Waals surface area contributed by atoms with E-state index in [2.05, 4.69) is 9.97 Å². The van der Waals surface area contributed by atoms with E-state index in [4.69, 9.17) is 16.3 Å². The maximum absolute atomic E-state index is 13.1. The van der Waals surface area contributed by atoms with E-state index >= 15 is 0 Å². The minimum atomic E-state index is -3.76. The molecule has 30 heavy (non-hydrogen) atoms. The quantitative estimate of drug-likeness (QED) is 0.623. The number of hydrogen-bond acceptors (Lipinski definition) is 5. The van der Waals surface area contributed by atoms with Crippen molar-refractivity contribution in [3.8, 4) is 28.4 Å². The lowest BCUT2D eigenvalue weighted by molar-refractivity contribution is 0.113. The Morgan fingerprint density at radius 3 is 2.47 bits per heavy atom. The lowest BCUT2D eigenvalue weighted by atomic mass is 10.1. The molecule has 1 saturated heterocycles. The van der Waals surface area contributed by atoms with Gasteiger partial charge in [0.15, 0.2) is 0 Å². The lowest BCUT2D eigenvalue weighted by Crippen LogP contribution is -2.40. The first kappa shape index (κ1) is 20.9. The van der Waals surface area contributed by atoms with E-state index < -0.39 is 16.1 Å². The Hall–Kier alpha value is -2.39. The Morgan fingerprint density at radius 2 is 1.80 bits per heavy atom. The summed E-state index contributed by atoms with van der Waals surface area (Å²) in [4.78, 5) is 7.75. The summed E-state index contributed by atoms with van der Waals surface area (Å²) in [5.41, 5.74) is 2.26. The van der Waals surface area contributed by atoms with Crippen molar-refractivity contribution < 1.29 is 18.3 Å². The second-order valence-electron chi connectivity index (χ2n) is 7.14. The Bertz CT molecular complexity index is 1140. The van der Waals surface area contributed by atoms with Crippen molar-refractivity contribution >= 4 is 21.6 Å². The number of nitrogens with zero attached hydrogens (tertiary/aromatic N) is 2. The molecule has 1 aliphatic heterocycles. The van der Waals surface area contributed by atoms with E-state index in [-0.39, 0.29) is 23.0 Å². The molecule has 0 bridgehead atoms. The molecular formula is C21H22ClN3O4S. The minimum Gasteiger partial charge on any atom is -0.497 e. The highest BCUT2D eigenvalue weighted by Gasteiger charge is 2.30. The molecule has 4 rings (SSSR count). The van der Waals surface area contributed by atoms with Gasteiger partial charge in [0, 0.05) is 30.4 Å². The molecule has 0 amide bonds. The number of aliphatic hydroxyl groups is 1. The maximum Gasteiger partial charge on any atom is 0.244 e. The van der Waals surface area contributed by atoms with Crippen LogP contribution in [0.15, 0.2) is 53.6 Å². The van der Waals surface area contributed by atoms with Crippen molar-refractivity contribution in [1.29, 1.82) is 0 Å². The summed E-state index contributed by atoms with van der Waals surface area (Å²) < 4.78 is 32.8. The topological polar surface area (TPSA) is 95.5 Å². The summed E-state index contributed by atoms with van der Waals surface area (Å²) >= 11 is 6.25. The zero-order chi connectivity index (χ0) is 21.3. The zero-order valence-corrected chi connectivity index (χ0v) is 17.9. The first-order valence-corrected chi connectivity index (χ1v) is 11.4. The summed E-state index contributed by atoms with van der Waals surface area (Å²) in [5, 5.41) is 9.83. The molecule has 1 fully saturated rings. The van der Waals surface area contributed by atoms with Gasteiger partial charge in [-0.05, 0) is 55.3 Å². The van der Waals surface area contributed by atoms with E-state index in [1.54, 1.807) is 31.5 Å². The standard InChI is InChI=1S/C21H22ClN3O4S/c1-29-17-5-2-14(3-6-17)19-13-23-21(24-19)15-4-7-18(22)20(12-15)30(27,28)25-10-8-16(26)9-11-25/h2-7,12-13,16,26H,8-11H2,1H3,(H,23,24). The third-order valence-corrected chi connectivity index (χ3v) is 7.59. The molecule has 0 aliphatic carbocycles. The Morgan fingerprint density at radius 1 is 1.13 bits per heavy atom. The van der Waals surface area contributed by atoms with Crippen molar-refractivity contribution in [3.63, 3.8) is 0 Å². The van der Waals surface area contributed by atoms with Crippen molar-refractivity contribution in [3.05, 3.63) is 53.7 Å². The van der Waals surface area contributed by atoms with Gasteiger partial charge in [-0.1, -0.05) is 11.6 Å². The van der Waals surface area contributed by atoms with E-state index in [9.17, 15) is 13.5 Å². The van der Waals surface area contributed by atoms with Gasteiger partial charge in [0.05, 0.1) is 23.9 Å². The second-order valence-corrected chi connectivity index (χ2v) is 9.46. The molecule has 2 heterocycles. The number of ether oxygens (including phenoxy) is 1. The molecule has 1 aliphatic rings. The number of piperidine rings is 1. The second kappa shape index (κ2) is 8.39. The minimum absolute atomic E-state index is 0.0421. The summed E-state index contributed by atoms with van der Waals surface area (Å²) in [7, 11) is -2.15. The number of sulfonamides is 1. The van der Waals surface area contributed by atoms with Gasteiger partial charge in [-0.25, -0.2) is 13.4 Å². The summed E-state index contributed by atoms with van der Waals surface area (Å²) in [6.45, 7) is 0.541. The molecule has 1 aromatic heterocycles. The zero-order valence-electron chi connectivity index (χ0n) is 16.4. The summed E-state index contributed by atoms with van der Waals surface area (Å²) in [6, 6.07) is 12.4. The highest BCUT2D eigenvalue weighted by Crippen LogP contribution is 2.31. The largest absolute Gasteiger partial charge is 0.497 e. The number of halogens is 1. The number of methoxy groups -OCH3 is 1. The fourth-order valence-electron chi connectivity index (χ4n) is 3.45. The number of imidazole rings is 1. The van der Waals surface area contributed by atoms with Crippen LogP contribution in [0, 0.1) is 0 Å². The molecule has 2 N–H and O–H groups in total. The fourth-order valence-corrected chi connectivity index (χ4v) is 5.42. The molecule has 9 heteroatoms. The van der Waals surface area contributed by atoms with Gasteiger partial charge in [-0.15, -0.1) is 0 Å². The molecule has 0 saturated carbocycles. The molecule has 0 spiro atoms. The Kier molecular flexibility index (Phi) is 5.84. The maximum atomic E-state index is 13.1. The number of nitrogens with one attached hydrogen (secondary N) is 1. The molecule has 0 radical (unpaired) electrons. The van der Waals surface area contributed by atoms with Crippen LogP contribution in [0.1, 0.15) is 12.8 Å². The third-order valence-electron chi connectivity index (χ3n) is 5.21. The monoisotopic (exact) mass is 447 g/mol. The van der Waals surface area contributed by atoms with Crippen molar-refractivity contribution in [1.82, 2.24) is 14.3 Å². The predicted molar refractivity (Wildman–Crippen MR) is 115 cm³/mol. The molecule has 0 unspecified atom stereocenters. The van der Waals surface area contributed by atoms with Gasteiger partial charge in [0.1, 0.15) is 16.5 Å². The number of aliphatic hydroxyl groups excluding tert-OH is 1. The number of aromatic nitrogens is 2. The first-order valence-electron chi connectivity index (χ1n) is 9.56. The molecule has 158 valence electrons. The number of hydrogen-bond donors (Lipinski definition) is 2. The highest BCUT2D eigenvalue weighted by molar-refractivity contribution is 7.89. The number of H-pyrrole nitrogens is 1. The van der Waals surface area contributed by atoms with Gasteiger partial charge in [0.2, 0.25) is 10.0 Å². The number of aromatic amines is 1. The number of rotatable bonds is 5. The van der Waals surface area contributed by atoms with Crippen LogP contribution in [0.5, 0.6) is 5.75 Å². The molecule has 2 aromatic carbocycles. The van der Waals surface area contributed by atoms with Crippen LogP contribution >= 0.6 is 11.6 Å². The molecule has 0 atom stereocenters. The van der Waals surface area contributed by atoms with Gasteiger partial charge in [-0.3, -0.25) is 0 Å². The van der Waals surface area contributed by atoms with E-state index in [0.29, 0.717) is 24.2 Å². The van der Waals surface area contributed by atoms with Gasteiger partial charge >= 0.3 is 0 Å². The van der Waals surface area contributed by atoms with E-state index in [1.807, 2.05) is 24.3 Å². The van der Waals surface area contributed by atoms with Crippen LogP contribution in [0.3, 0.4) is 0 Å². The normalized spacial score (nSPS) is 16.0. The molecule has 3 aromatic rings. The summed E-state index contributed by atoms with van der Waals surface area (Å²) in [6.07, 6.45) is 2.14. The van der Waals surface area contributed by atoms with Crippen LogP contribution < -0.4 is 4.74 Å². The Labute approximate surface area is 180 Å². The summed E-state index contributed by atoms with van der Waals surface area (Å²) in [5.74, 6) is 1.30. The molecule has 7 nitrogen and oxygen atoms in total. The van der Waals surface area contributed by atoms with Crippen molar-refractivity contribution in [2.45, 2.75) is 23.8 Å². The van der Waals surface area contributed by atoms with Crippen LogP contribution in [0.25, 0.3) is 22.6 Å². The average molecular weight is 448 g/mol. The highest BCUT2D eigenvalue weighted by atomic mass is 35.5. The van der Waals surface area contributed by atoms with Crippen molar-refractivity contribution in [2.75, 3.05) is 20.2 Å². The van der Waals surface area contributed by atoms with E-state index in [1.165, 1.54) is 4.31 Å². The van der Waals surface area contributed by atoms with Crippen LogP contribution in [-0.2, 0) is 10.0 Å². The SMILES string of the molecule is COc1ccc(-c2c[nH]c(-c3ccc(Cl)c(S(=O)(=O)N4CCC(O)CC4)c3)n2)cc1. The average Bonchev–Trinajstić information content (AvgIpc) is 3.24. The van der Waals surface area contributed by atoms with Gasteiger partial charge in [0.25, 0.3) is 0 Å². The lowest BCUT2D eigenvalue weighted by Gasteiger charge is -2.29. The van der Waals surface area contributed by atoms with Crippen LogP contribution in [-0.4, -0.2) is 54.1 Å². The smallest absolute Gasteiger partial charge is 0.244 e. The van der Waals surface area contributed by atoms with E-state index in [0.717, 1.165) is 17.0 Å².